The van der Waals surface area contributed by atoms with Crippen molar-refractivity contribution < 1.29 is 19.1 Å². The van der Waals surface area contributed by atoms with E-state index in [0.717, 1.165) is 29.2 Å². The van der Waals surface area contributed by atoms with Gasteiger partial charge >= 0.3 is 0 Å². The Kier molecular flexibility index (Phi) is 6.30. The number of aromatic nitrogens is 1. The van der Waals surface area contributed by atoms with Crippen molar-refractivity contribution in [3.63, 3.8) is 0 Å². The Labute approximate surface area is 203 Å². The minimum Gasteiger partial charge on any atom is -0.493 e. The fourth-order valence-corrected chi connectivity index (χ4v) is 3.82. The largest absolute Gasteiger partial charge is 0.493 e. The van der Waals surface area contributed by atoms with Crippen LogP contribution in [0.3, 0.4) is 0 Å². The molecule has 1 aromatic heterocycles. The van der Waals surface area contributed by atoms with Gasteiger partial charge in [0.25, 0.3) is 5.91 Å². The smallest absolute Gasteiger partial charge is 0.257 e. The minimum absolute atomic E-state index is 0.0269. The van der Waals surface area contributed by atoms with Crippen molar-refractivity contribution in [2.75, 3.05) is 17.7 Å². The number of anilines is 2. The fourth-order valence-electron chi connectivity index (χ4n) is 3.82. The molecule has 5 rings (SSSR count). The lowest BCUT2D eigenvalue weighted by Crippen LogP contribution is -2.19. The van der Waals surface area contributed by atoms with Crippen molar-refractivity contribution in [1.82, 2.24) is 4.98 Å². The normalized spacial score (nSPS) is 12.7. The zero-order valence-corrected chi connectivity index (χ0v) is 19.3. The fraction of sp³-hybridized carbons (Fsp3) is 0.179. The molecule has 1 saturated carbocycles. The number of ether oxygens (including phenoxy) is 2. The zero-order valence-electron chi connectivity index (χ0n) is 19.3. The number of carbonyl (C=O) groups is 2. The highest BCUT2D eigenvalue weighted by Gasteiger charge is 2.30. The molecule has 0 unspecified atom stereocenters. The van der Waals surface area contributed by atoms with Crippen molar-refractivity contribution in [2.24, 2.45) is 5.92 Å². The average Bonchev–Trinajstić information content (AvgIpc) is 3.73. The van der Waals surface area contributed by atoms with Crippen LogP contribution in [0.1, 0.15) is 28.8 Å². The first kappa shape index (κ1) is 22.4. The molecule has 0 atom stereocenters. The summed E-state index contributed by atoms with van der Waals surface area (Å²) in [7, 11) is 1.57. The third kappa shape index (κ3) is 5.24. The molecule has 1 fully saturated rings. The lowest BCUT2D eigenvalue weighted by molar-refractivity contribution is -0.117. The van der Waals surface area contributed by atoms with Gasteiger partial charge in [-0.15, -0.1) is 0 Å². The van der Waals surface area contributed by atoms with E-state index in [2.05, 4.69) is 15.6 Å². The molecule has 0 saturated heterocycles. The minimum atomic E-state index is -0.327. The van der Waals surface area contributed by atoms with Gasteiger partial charge in [-0.3, -0.25) is 14.6 Å². The second-order valence-electron chi connectivity index (χ2n) is 8.47. The molecule has 3 aromatic carbocycles. The van der Waals surface area contributed by atoms with Gasteiger partial charge in [-0.05, 0) is 65.6 Å². The number of hydrogen-bond acceptors (Lipinski definition) is 5. The van der Waals surface area contributed by atoms with Crippen LogP contribution in [0.25, 0.3) is 10.8 Å². The quantitative estimate of drug-likeness (QED) is 0.361. The number of nitrogens with one attached hydrogen (secondary N) is 2. The summed E-state index contributed by atoms with van der Waals surface area (Å²) < 4.78 is 11.4. The molecule has 0 radical (unpaired) electrons. The number of fused-ring (bicyclic) bond motifs is 1. The molecule has 4 aromatic rings. The van der Waals surface area contributed by atoms with Crippen molar-refractivity contribution in [3.8, 4) is 11.5 Å². The van der Waals surface area contributed by atoms with Gasteiger partial charge in [-0.1, -0.05) is 24.3 Å². The van der Waals surface area contributed by atoms with E-state index in [1.807, 2.05) is 42.5 Å². The summed E-state index contributed by atoms with van der Waals surface area (Å²) in [5.74, 6) is 0.708. The highest BCUT2D eigenvalue weighted by Crippen LogP contribution is 2.33. The maximum absolute atomic E-state index is 13.3. The number of nitrogens with zero attached hydrogens (tertiary/aromatic N) is 1. The van der Waals surface area contributed by atoms with Gasteiger partial charge in [0, 0.05) is 30.1 Å². The SMILES string of the molecule is COc1ccc(NC(=O)c2cc3ccccc3cc2NC(=O)C2CC2)cc1OCc1ccncc1. The van der Waals surface area contributed by atoms with Crippen LogP contribution < -0.4 is 20.1 Å². The van der Waals surface area contributed by atoms with Crippen molar-refractivity contribution in [2.45, 2.75) is 19.4 Å². The van der Waals surface area contributed by atoms with Crippen LogP contribution in [0, 0.1) is 5.92 Å². The summed E-state index contributed by atoms with van der Waals surface area (Å²) in [5, 5.41) is 7.75. The summed E-state index contributed by atoms with van der Waals surface area (Å²) in [5.41, 5.74) is 2.41. The lowest BCUT2D eigenvalue weighted by atomic mass is 10.0. The Balaban J connectivity index is 1.40. The van der Waals surface area contributed by atoms with E-state index in [0.29, 0.717) is 35.0 Å². The number of carbonyl (C=O) groups excluding carboxylic acids is 2. The van der Waals surface area contributed by atoms with E-state index in [1.54, 1.807) is 43.8 Å². The van der Waals surface area contributed by atoms with Crippen LogP contribution in [0.2, 0.25) is 0 Å². The lowest BCUT2D eigenvalue weighted by Gasteiger charge is -2.15. The molecule has 1 aliphatic carbocycles. The van der Waals surface area contributed by atoms with Crippen LogP contribution in [-0.4, -0.2) is 23.9 Å². The van der Waals surface area contributed by atoms with Crippen LogP contribution in [0.4, 0.5) is 11.4 Å². The number of benzene rings is 3. The number of rotatable bonds is 8. The van der Waals surface area contributed by atoms with Crippen LogP contribution in [0.5, 0.6) is 11.5 Å². The Morgan fingerprint density at radius 2 is 1.66 bits per heavy atom. The predicted octanol–water partition coefficient (Wildman–Crippen LogP) is 5.42. The Bertz CT molecular complexity index is 1380. The summed E-state index contributed by atoms with van der Waals surface area (Å²) in [6.45, 7) is 0.332. The van der Waals surface area contributed by atoms with Crippen LogP contribution in [0.15, 0.2) is 79.1 Å². The first-order chi connectivity index (χ1) is 17.1. The number of hydrogen-bond donors (Lipinski definition) is 2. The first-order valence-corrected chi connectivity index (χ1v) is 11.5. The second-order valence-corrected chi connectivity index (χ2v) is 8.47. The van der Waals surface area contributed by atoms with Gasteiger partial charge < -0.3 is 20.1 Å². The summed E-state index contributed by atoms with van der Waals surface area (Å²) >= 11 is 0. The van der Waals surface area contributed by atoms with Crippen molar-refractivity contribution in [3.05, 3.63) is 90.3 Å². The molecule has 0 bridgehead atoms. The summed E-state index contributed by atoms with van der Waals surface area (Å²) in [6, 6.07) is 20.4. The molecule has 35 heavy (non-hydrogen) atoms. The van der Waals surface area contributed by atoms with E-state index in [4.69, 9.17) is 9.47 Å². The second kappa shape index (κ2) is 9.85. The van der Waals surface area contributed by atoms with Crippen molar-refractivity contribution in [1.29, 1.82) is 0 Å². The van der Waals surface area contributed by atoms with E-state index in [9.17, 15) is 9.59 Å². The van der Waals surface area contributed by atoms with Crippen molar-refractivity contribution >= 4 is 34.0 Å². The Morgan fingerprint density at radius 3 is 2.37 bits per heavy atom. The van der Waals surface area contributed by atoms with Crippen LogP contribution >= 0.6 is 0 Å². The van der Waals surface area contributed by atoms with E-state index < -0.39 is 0 Å². The van der Waals surface area contributed by atoms with Gasteiger partial charge in [0.2, 0.25) is 5.91 Å². The number of amides is 2. The Hall–Kier alpha value is -4.39. The monoisotopic (exact) mass is 467 g/mol. The van der Waals surface area contributed by atoms with Crippen LogP contribution in [-0.2, 0) is 11.4 Å². The molecule has 0 aliphatic heterocycles. The first-order valence-electron chi connectivity index (χ1n) is 11.5. The van der Waals surface area contributed by atoms with E-state index >= 15 is 0 Å². The highest BCUT2D eigenvalue weighted by molar-refractivity contribution is 6.13. The third-order valence-corrected chi connectivity index (χ3v) is 5.90. The van der Waals surface area contributed by atoms with E-state index in [1.165, 1.54) is 0 Å². The van der Waals surface area contributed by atoms with Gasteiger partial charge in [-0.25, -0.2) is 0 Å². The van der Waals surface area contributed by atoms with Gasteiger partial charge in [0.1, 0.15) is 6.61 Å². The standard InChI is InChI=1S/C28H25N3O4/c1-34-25-9-8-22(16-26(25)35-17-18-10-12-29-13-11-18)30-28(33)23-14-20-4-2-3-5-21(20)15-24(23)31-27(32)19-6-7-19/h2-5,8-16,19H,6-7,17H2,1H3,(H,30,33)(H,31,32). The highest BCUT2D eigenvalue weighted by atomic mass is 16.5. The maximum atomic E-state index is 13.3. The molecule has 1 aliphatic rings. The Morgan fingerprint density at radius 1 is 0.914 bits per heavy atom. The molecule has 176 valence electrons. The molecule has 7 nitrogen and oxygen atoms in total. The van der Waals surface area contributed by atoms with E-state index in [-0.39, 0.29) is 17.7 Å². The molecule has 2 amide bonds. The molecule has 0 spiro atoms. The topological polar surface area (TPSA) is 89.6 Å². The average molecular weight is 468 g/mol. The molecule has 2 N–H and O–H groups in total. The molecule has 7 heteroatoms. The zero-order chi connectivity index (χ0) is 24.2. The number of pyridine rings is 1. The maximum Gasteiger partial charge on any atom is 0.257 e. The molecule has 1 heterocycles. The third-order valence-electron chi connectivity index (χ3n) is 5.90. The predicted molar refractivity (Wildman–Crippen MR) is 135 cm³/mol. The molecular weight excluding hydrogens is 442 g/mol. The summed E-state index contributed by atoms with van der Waals surface area (Å²) in [6.07, 6.45) is 5.18. The number of methoxy groups -OCH3 is 1. The summed E-state index contributed by atoms with van der Waals surface area (Å²) in [4.78, 5) is 29.8. The van der Waals surface area contributed by atoms with Gasteiger partial charge in [-0.2, -0.15) is 0 Å². The van der Waals surface area contributed by atoms with Gasteiger partial charge in [0.15, 0.2) is 11.5 Å². The van der Waals surface area contributed by atoms with Gasteiger partial charge in [0.05, 0.1) is 18.4 Å². The molecular formula is C28H25N3O4.